The normalized spacial score (nSPS) is 15.8. The van der Waals surface area contributed by atoms with Gasteiger partial charge in [0, 0.05) is 5.75 Å². The lowest BCUT2D eigenvalue weighted by Crippen LogP contribution is -2.24. The Morgan fingerprint density at radius 1 is 1.31 bits per heavy atom. The van der Waals surface area contributed by atoms with Crippen LogP contribution in [0.15, 0.2) is 24.3 Å². The molecule has 1 N–H and O–H groups in total. The monoisotopic (exact) mass is 306 g/mol. The van der Waals surface area contributed by atoms with Gasteiger partial charge in [-0.3, -0.25) is 0 Å². The van der Waals surface area contributed by atoms with Gasteiger partial charge in [-0.25, -0.2) is 8.42 Å². The van der Waals surface area contributed by atoms with Crippen LogP contribution in [0.3, 0.4) is 0 Å². The molecule has 2 atom stereocenters. The van der Waals surface area contributed by atoms with E-state index in [1.807, 2.05) is 19.1 Å². The maximum Gasteiger partial charge on any atom is 0.165 e. The summed E-state index contributed by atoms with van der Waals surface area (Å²) in [5.41, 5.74) is 1.67. The van der Waals surface area contributed by atoms with Gasteiger partial charge in [-0.15, -0.1) is 0 Å². The molecule has 0 spiro atoms. The van der Waals surface area contributed by atoms with Gasteiger partial charge in [0.1, 0.15) is 10.3 Å². The van der Waals surface area contributed by atoms with E-state index in [2.05, 4.69) is 15.9 Å². The topological polar surface area (TPSA) is 54.4 Å². The minimum atomic E-state index is -3.29. The molecular formula is C11H15BrO3S. The van der Waals surface area contributed by atoms with Gasteiger partial charge < -0.3 is 5.11 Å². The number of halogens is 1. The summed E-state index contributed by atoms with van der Waals surface area (Å²) >= 11 is 3.04. The highest BCUT2D eigenvalue weighted by Gasteiger charge is 2.29. The average molecular weight is 307 g/mol. The maximum atomic E-state index is 11.6. The van der Waals surface area contributed by atoms with Gasteiger partial charge in [0.15, 0.2) is 9.84 Å². The second-order valence-corrected chi connectivity index (χ2v) is 7.66. The van der Waals surface area contributed by atoms with Crippen molar-refractivity contribution in [3.8, 4) is 0 Å². The van der Waals surface area contributed by atoms with Crippen molar-refractivity contribution in [1.29, 1.82) is 0 Å². The molecule has 0 aliphatic carbocycles. The zero-order chi connectivity index (χ0) is 12.3. The Labute approximate surface area is 105 Å². The number of aliphatic hydroxyl groups is 1. The second-order valence-electron chi connectivity index (χ2n) is 3.66. The first-order valence-electron chi connectivity index (χ1n) is 4.98. The van der Waals surface area contributed by atoms with E-state index in [0.717, 1.165) is 5.56 Å². The van der Waals surface area contributed by atoms with Crippen molar-refractivity contribution >= 4 is 25.8 Å². The molecule has 0 saturated heterocycles. The molecule has 16 heavy (non-hydrogen) atoms. The third-order valence-electron chi connectivity index (χ3n) is 2.41. The number of aryl methyl sites for hydroxylation is 1. The summed E-state index contributed by atoms with van der Waals surface area (Å²) in [4.78, 5) is 0. The van der Waals surface area contributed by atoms with Crippen LogP contribution >= 0.6 is 15.9 Å². The van der Waals surface area contributed by atoms with Crippen LogP contribution in [0, 0.1) is 6.92 Å². The maximum absolute atomic E-state index is 11.6. The van der Waals surface area contributed by atoms with Gasteiger partial charge in [-0.05, 0) is 12.5 Å². The SMILES string of the molecule is CCS(=O)(=O)[C@@H](Br)[C@H](O)c1ccc(C)cc1. The number of benzene rings is 1. The highest BCUT2D eigenvalue weighted by Crippen LogP contribution is 2.27. The summed E-state index contributed by atoms with van der Waals surface area (Å²) in [5.74, 6) is 0.00579. The minimum Gasteiger partial charge on any atom is -0.386 e. The molecule has 5 heteroatoms. The fourth-order valence-corrected chi connectivity index (χ4v) is 3.24. The molecule has 0 aliphatic rings. The van der Waals surface area contributed by atoms with Gasteiger partial charge >= 0.3 is 0 Å². The third kappa shape index (κ3) is 3.06. The Kier molecular flexibility index (Phi) is 4.52. The predicted octanol–water partition coefficient (Wildman–Crippen LogP) is 2.18. The van der Waals surface area contributed by atoms with E-state index in [4.69, 9.17) is 0 Å². The van der Waals surface area contributed by atoms with Gasteiger partial charge in [0.2, 0.25) is 0 Å². The van der Waals surface area contributed by atoms with E-state index >= 15 is 0 Å². The van der Waals surface area contributed by atoms with Gasteiger partial charge in [0.05, 0.1) is 0 Å². The Hall–Kier alpha value is -0.390. The number of rotatable bonds is 4. The Morgan fingerprint density at radius 2 is 1.81 bits per heavy atom. The van der Waals surface area contributed by atoms with E-state index in [0.29, 0.717) is 5.56 Å². The quantitative estimate of drug-likeness (QED) is 0.868. The van der Waals surface area contributed by atoms with E-state index in [1.54, 1.807) is 19.1 Å². The molecular weight excluding hydrogens is 292 g/mol. The van der Waals surface area contributed by atoms with E-state index in [1.165, 1.54) is 0 Å². The Balaban J connectivity index is 2.94. The highest BCUT2D eigenvalue weighted by molar-refractivity contribution is 9.11. The summed E-state index contributed by atoms with van der Waals surface area (Å²) in [6.07, 6.45) is -1.04. The number of hydrogen-bond donors (Lipinski definition) is 1. The molecule has 0 heterocycles. The van der Waals surface area contributed by atoms with Gasteiger partial charge in [-0.2, -0.15) is 0 Å². The molecule has 0 amide bonds. The van der Waals surface area contributed by atoms with E-state index in [9.17, 15) is 13.5 Å². The lowest BCUT2D eigenvalue weighted by molar-refractivity contribution is 0.195. The van der Waals surface area contributed by atoms with Crippen molar-refractivity contribution in [3.63, 3.8) is 0 Å². The minimum absolute atomic E-state index is 0.00579. The summed E-state index contributed by atoms with van der Waals surface area (Å²) in [6, 6.07) is 7.16. The van der Waals surface area contributed by atoms with Crippen LogP contribution in [0.4, 0.5) is 0 Å². The molecule has 1 aromatic carbocycles. The van der Waals surface area contributed by atoms with Crippen LogP contribution in [0.1, 0.15) is 24.2 Å². The van der Waals surface area contributed by atoms with E-state index in [-0.39, 0.29) is 5.75 Å². The number of hydrogen-bond acceptors (Lipinski definition) is 3. The van der Waals surface area contributed by atoms with Crippen LogP contribution in [0.25, 0.3) is 0 Å². The first-order valence-corrected chi connectivity index (χ1v) is 7.62. The fraction of sp³-hybridized carbons (Fsp3) is 0.455. The lowest BCUT2D eigenvalue weighted by atomic mass is 10.1. The molecule has 0 saturated carbocycles. The van der Waals surface area contributed by atoms with Crippen LogP contribution in [0.5, 0.6) is 0 Å². The molecule has 1 aromatic rings. The van der Waals surface area contributed by atoms with E-state index < -0.39 is 20.1 Å². The molecule has 1 rings (SSSR count). The number of sulfone groups is 1. The van der Waals surface area contributed by atoms with Gasteiger partial charge in [0.25, 0.3) is 0 Å². The summed E-state index contributed by atoms with van der Waals surface area (Å²) < 4.78 is 22.2. The summed E-state index contributed by atoms with van der Waals surface area (Å²) in [6.45, 7) is 3.50. The van der Waals surface area contributed by atoms with Gasteiger partial charge in [-0.1, -0.05) is 52.7 Å². The number of alkyl halides is 1. The number of aliphatic hydroxyl groups excluding tert-OH is 1. The first kappa shape index (κ1) is 13.7. The van der Waals surface area contributed by atoms with Crippen LogP contribution in [0.2, 0.25) is 0 Å². The molecule has 0 bridgehead atoms. The fourth-order valence-electron chi connectivity index (χ4n) is 1.27. The van der Waals surface area contributed by atoms with Crippen LogP contribution in [-0.2, 0) is 9.84 Å². The molecule has 0 radical (unpaired) electrons. The molecule has 0 fully saturated rings. The molecule has 0 aromatic heterocycles. The zero-order valence-electron chi connectivity index (χ0n) is 9.22. The van der Waals surface area contributed by atoms with Crippen molar-refractivity contribution < 1.29 is 13.5 Å². The van der Waals surface area contributed by atoms with Crippen molar-refractivity contribution in [3.05, 3.63) is 35.4 Å². The molecule has 3 nitrogen and oxygen atoms in total. The first-order chi connectivity index (χ1) is 7.38. The standard InChI is InChI=1S/C11H15BrO3S/c1-3-16(14,15)11(12)10(13)9-6-4-8(2)5-7-9/h4-7,10-11,13H,3H2,1-2H3/t10-,11-/m1/s1. The second kappa shape index (κ2) is 5.29. The summed E-state index contributed by atoms with van der Waals surface area (Å²) in [5, 5.41) is 9.92. The van der Waals surface area contributed by atoms with Crippen molar-refractivity contribution in [2.75, 3.05) is 5.75 Å². The predicted molar refractivity (Wildman–Crippen MR) is 68.3 cm³/mol. The Morgan fingerprint density at radius 3 is 2.25 bits per heavy atom. The lowest BCUT2D eigenvalue weighted by Gasteiger charge is -2.17. The molecule has 0 aliphatic heterocycles. The van der Waals surface area contributed by atoms with Crippen LogP contribution < -0.4 is 0 Å². The highest BCUT2D eigenvalue weighted by atomic mass is 79.9. The molecule has 0 unspecified atom stereocenters. The Bertz CT molecular complexity index is 439. The smallest absolute Gasteiger partial charge is 0.165 e. The zero-order valence-corrected chi connectivity index (χ0v) is 11.6. The van der Waals surface area contributed by atoms with Crippen molar-refractivity contribution in [1.82, 2.24) is 0 Å². The molecule has 90 valence electrons. The van der Waals surface area contributed by atoms with Crippen molar-refractivity contribution in [2.24, 2.45) is 0 Å². The third-order valence-corrected chi connectivity index (χ3v) is 6.37. The average Bonchev–Trinajstić information content (AvgIpc) is 2.28. The largest absolute Gasteiger partial charge is 0.386 e. The summed E-state index contributed by atoms with van der Waals surface area (Å²) in [7, 11) is -3.29. The van der Waals surface area contributed by atoms with Crippen LogP contribution in [-0.4, -0.2) is 23.4 Å². The van der Waals surface area contributed by atoms with Crippen molar-refractivity contribution in [2.45, 2.75) is 24.1 Å².